The van der Waals surface area contributed by atoms with Gasteiger partial charge in [-0.1, -0.05) is 0 Å². The number of ether oxygens (including phenoxy) is 1. The van der Waals surface area contributed by atoms with Crippen molar-refractivity contribution in [1.82, 2.24) is 9.62 Å². The monoisotopic (exact) mass is 391 g/mol. The highest BCUT2D eigenvalue weighted by Gasteiger charge is 2.30. The summed E-state index contributed by atoms with van der Waals surface area (Å²) >= 11 is 0. The highest BCUT2D eigenvalue weighted by atomic mass is 35.5. The Kier molecular flexibility index (Phi) is 7.67. The minimum Gasteiger partial charge on any atom is -0.495 e. The molecule has 0 bridgehead atoms. The average Bonchev–Trinajstić information content (AvgIpc) is 3.00. The van der Waals surface area contributed by atoms with E-state index in [0.717, 1.165) is 12.8 Å². The molecule has 0 radical (unpaired) electrons. The second-order valence-corrected chi connectivity index (χ2v) is 7.85. The molecule has 1 atom stereocenters. The summed E-state index contributed by atoms with van der Waals surface area (Å²) in [7, 11) is -2.37. The summed E-state index contributed by atoms with van der Waals surface area (Å²) in [5.74, 6) is 0.00287. The first-order valence-corrected chi connectivity index (χ1v) is 9.50. The predicted octanol–water partition coefficient (Wildman–Crippen LogP) is 1.37. The number of hydrogen-bond donors (Lipinski definition) is 2. The molecule has 1 aromatic carbocycles. The molecule has 9 heteroatoms. The molecule has 3 N–H and O–H groups in total. The van der Waals surface area contributed by atoms with Crippen molar-refractivity contribution in [2.45, 2.75) is 43.7 Å². The van der Waals surface area contributed by atoms with Gasteiger partial charge in [-0.3, -0.25) is 4.79 Å². The van der Waals surface area contributed by atoms with E-state index in [1.54, 1.807) is 24.8 Å². The third kappa shape index (κ3) is 4.84. The maximum Gasteiger partial charge on any atom is 0.254 e. The number of sulfonamides is 1. The van der Waals surface area contributed by atoms with Crippen LogP contribution in [0.5, 0.6) is 5.75 Å². The van der Waals surface area contributed by atoms with Gasteiger partial charge in [0.15, 0.2) is 0 Å². The summed E-state index contributed by atoms with van der Waals surface area (Å²) in [6.45, 7) is 4.51. The van der Waals surface area contributed by atoms with Gasteiger partial charge in [0.1, 0.15) is 10.6 Å². The summed E-state index contributed by atoms with van der Waals surface area (Å²) in [6, 6.07) is 4.21. The van der Waals surface area contributed by atoms with Crippen molar-refractivity contribution in [3.63, 3.8) is 0 Å². The molecule has 1 aromatic rings. The topological polar surface area (TPSA) is 102 Å². The van der Waals surface area contributed by atoms with Crippen LogP contribution < -0.4 is 15.2 Å². The molecular formula is C16H26ClN3O4S. The van der Waals surface area contributed by atoms with Crippen LogP contribution >= 0.6 is 12.4 Å². The number of rotatable bonds is 6. The van der Waals surface area contributed by atoms with E-state index in [9.17, 15) is 13.2 Å². The number of likely N-dealkylation sites (tertiary alicyclic amines) is 1. The van der Waals surface area contributed by atoms with Gasteiger partial charge < -0.3 is 15.4 Å². The predicted molar refractivity (Wildman–Crippen MR) is 98.8 cm³/mol. The molecule has 1 aliphatic rings. The van der Waals surface area contributed by atoms with Crippen LogP contribution in [0.4, 0.5) is 0 Å². The molecule has 0 spiro atoms. The fraction of sp³-hybridized carbons (Fsp3) is 0.562. The lowest BCUT2D eigenvalue weighted by Crippen LogP contribution is -2.40. The summed E-state index contributed by atoms with van der Waals surface area (Å²) in [5.41, 5.74) is 6.04. The molecule has 0 aliphatic carbocycles. The maximum absolute atomic E-state index is 12.7. The van der Waals surface area contributed by atoms with E-state index in [0.29, 0.717) is 18.7 Å². The zero-order valence-corrected chi connectivity index (χ0v) is 16.3. The third-order valence-corrected chi connectivity index (χ3v) is 5.68. The Morgan fingerprint density at radius 1 is 1.44 bits per heavy atom. The van der Waals surface area contributed by atoms with Gasteiger partial charge in [-0.15, -0.1) is 12.4 Å². The van der Waals surface area contributed by atoms with Crippen molar-refractivity contribution in [2.24, 2.45) is 5.73 Å². The second-order valence-electron chi connectivity index (χ2n) is 6.17. The van der Waals surface area contributed by atoms with Gasteiger partial charge in [0, 0.05) is 30.7 Å². The van der Waals surface area contributed by atoms with Crippen LogP contribution in [0.15, 0.2) is 23.1 Å². The van der Waals surface area contributed by atoms with Gasteiger partial charge in [-0.25, -0.2) is 13.1 Å². The lowest BCUT2D eigenvalue weighted by molar-refractivity contribution is 0.0741. The van der Waals surface area contributed by atoms with Crippen LogP contribution in [0.25, 0.3) is 0 Å². The number of amides is 1. The first kappa shape index (κ1) is 21.7. The molecule has 1 aliphatic heterocycles. The molecule has 0 aromatic heterocycles. The van der Waals surface area contributed by atoms with Crippen molar-refractivity contribution in [2.75, 3.05) is 20.2 Å². The summed E-state index contributed by atoms with van der Waals surface area (Å²) in [4.78, 5) is 14.4. The zero-order valence-electron chi connectivity index (χ0n) is 14.7. The van der Waals surface area contributed by atoms with Gasteiger partial charge in [0.05, 0.1) is 7.11 Å². The molecule has 1 saturated heterocycles. The van der Waals surface area contributed by atoms with Crippen LogP contribution in [0.1, 0.15) is 37.0 Å². The number of hydrogen-bond acceptors (Lipinski definition) is 5. The Morgan fingerprint density at radius 3 is 2.68 bits per heavy atom. The molecule has 0 saturated carbocycles. The highest BCUT2D eigenvalue weighted by Crippen LogP contribution is 2.27. The summed E-state index contributed by atoms with van der Waals surface area (Å²) < 4.78 is 32.7. The van der Waals surface area contributed by atoms with E-state index in [2.05, 4.69) is 4.72 Å². The fourth-order valence-electron chi connectivity index (χ4n) is 2.91. The summed E-state index contributed by atoms with van der Waals surface area (Å²) in [6.07, 6.45) is 1.78. The minimum atomic E-state index is -3.77. The van der Waals surface area contributed by atoms with E-state index < -0.39 is 10.0 Å². The normalized spacial score (nSPS) is 17.5. The van der Waals surface area contributed by atoms with Crippen molar-refractivity contribution >= 4 is 28.3 Å². The van der Waals surface area contributed by atoms with Gasteiger partial charge in [-0.2, -0.15) is 0 Å². The van der Waals surface area contributed by atoms with Gasteiger partial charge in [0.2, 0.25) is 10.0 Å². The van der Waals surface area contributed by atoms with Crippen molar-refractivity contribution in [1.29, 1.82) is 0 Å². The SMILES string of the molecule is COc1ccc(C(=O)N2CCCC2CN)cc1S(=O)(=O)NC(C)C.Cl. The number of nitrogens with one attached hydrogen (secondary N) is 1. The van der Waals surface area contributed by atoms with Gasteiger partial charge >= 0.3 is 0 Å². The number of halogens is 1. The van der Waals surface area contributed by atoms with E-state index >= 15 is 0 Å². The van der Waals surface area contributed by atoms with Crippen molar-refractivity contribution < 1.29 is 17.9 Å². The summed E-state index contributed by atoms with van der Waals surface area (Å²) in [5, 5.41) is 0. The lowest BCUT2D eigenvalue weighted by Gasteiger charge is -2.24. The van der Waals surface area contributed by atoms with Crippen LogP contribution in [-0.4, -0.2) is 51.5 Å². The third-order valence-electron chi connectivity index (χ3n) is 4.00. The fourth-order valence-corrected chi connectivity index (χ4v) is 4.35. The van der Waals surface area contributed by atoms with Crippen LogP contribution in [0.3, 0.4) is 0 Å². The maximum atomic E-state index is 12.7. The number of carbonyl (C=O) groups is 1. The molecular weight excluding hydrogens is 366 g/mol. The van der Waals surface area contributed by atoms with E-state index in [-0.39, 0.29) is 41.0 Å². The Morgan fingerprint density at radius 2 is 2.12 bits per heavy atom. The Bertz CT molecular complexity index is 709. The average molecular weight is 392 g/mol. The quantitative estimate of drug-likeness (QED) is 0.762. The minimum absolute atomic E-state index is 0. The van der Waals surface area contributed by atoms with Crippen LogP contribution in [-0.2, 0) is 10.0 Å². The second kappa shape index (κ2) is 8.84. The Hall–Kier alpha value is -1.35. The van der Waals surface area contributed by atoms with Crippen LogP contribution in [0, 0.1) is 0 Å². The molecule has 1 amide bonds. The standard InChI is InChI=1S/C16H25N3O4S.ClH/c1-11(2)18-24(21,22)15-9-12(6-7-14(15)23-3)16(20)19-8-4-5-13(19)10-17;/h6-7,9,11,13,18H,4-5,8,10,17H2,1-3H3;1H. The largest absolute Gasteiger partial charge is 0.495 e. The number of nitrogens with two attached hydrogens (primary N) is 1. The Balaban J connectivity index is 0.00000312. The first-order valence-electron chi connectivity index (χ1n) is 8.01. The van der Waals surface area contributed by atoms with E-state index in [1.165, 1.54) is 19.2 Å². The van der Waals surface area contributed by atoms with E-state index in [1.807, 2.05) is 0 Å². The Labute approximate surface area is 155 Å². The first-order chi connectivity index (χ1) is 11.3. The van der Waals surface area contributed by atoms with Crippen molar-refractivity contribution in [3.8, 4) is 5.75 Å². The molecule has 7 nitrogen and oxygen atoms in total. The zero-order chi connectivity index (χ0) is 17.9. The molecule has 1 unspecified atom stereocenters. The number of carbonyl (C=O) groups excluding carboxylic acids is 1. The molecule has 1 heterocycles. The molecule has 142 valence electrons. The van der Waals surface area contributed by atoms with Gasteiger partial charge in [-0.05, 0) is 44.9 Å². The highest BCUT2D eigenvalue weighted by molar-refractivity contribution is 7.89. The van der Waals surface area contributed by atoms with Gasteiger partial charge in [0.25, 0.3) is 5.91 Å². The number of methoxy groups -OCH3 is 1. The van der Waals surface area contributed by atoms with E-state index in [4.69, 9.17) is 10.5 Å². The smallest absolute Gasteiger partial charge is 0.254 e. The molecule has 25 heavy (non-hydrogen) atoms. The molecule has 1 fully saturated rings. The lowest BCUT2D eigenvalue weighted by atomic mass is 10.1. The van der Waals surface area contributed by atoms with Crippen molar-refractivity contribution in [3.05, 3.63) is 23.8 Å². The van der Waals surface area contributed by atoms with Crippen LogP contribution in [0.2, 0.25) is 0 Å². The number of nitrogens with zero attached hydrogens (tertiary/aromatic N) is 1. The molecule has 2 rings (SSSR count). The number of benzene rings is 1.